The van der Waals surface area contributed by atoms with E-state index >= 15 is 0 Å². The number of phenols is 6. The summed E-state index contributed by atoms with van der Waals surface area (Å²) in [5.74, 6) is -18.0. The van der Waals surface area contributed by atoms with Gasteiger partial charge >= 0.3 is 29.8 Å². The minimum absolute atomic E-state index is 0.552. The van der Waals surface area contributed by atoms with Gasteiger partial charge in [-0.15, -0.1) is 0 Å². The number of rotatable bonds is 4. The van der Waals surface area contributed by atoms with E-state index in [1.807, 2.05) is 0 Å². The maximum absolute atomic E-state index is 13.7. The second kappa shape index (κ2) is 11.8. The number of cyclic esters (lactones) is 1. The van der Waals surface area contributed by atoms with Crippen LogP contribution in [0.15, 0.2) is 18.2 Å². The lowest BCUT2D eigenvalue weighted by Crippen LogP contribution is -2.62. The lowest BCUT2D eigenvalue weighted by molar-refractivity contribution is -0.289. The molecule has 3 aliphatic heterocycles. The Bertz CT molecular complexity index is 1610. The average Bonchev–Trinajstić information content (AvgIpc) is 3.01. The molecule has 8 atom stereocenters. The number of carbonyl (C=O) groups excluding carboxylic acids is 4. The van der Waals surface area contributed by atoms with E-state index < -0.39 is 143 Å². The fourth-order valence-electron chi connectivity index (χ4n) is 5.44. The first-order valence-corrected chi connectivity index (χ1v) is 13.2. The Balaban J connectivity index is 1.63. The highest BCUT2D eigenvalue weighted by Gasteiger charge is 2.56. The number of hydrogen-bond donors (Lipinski definition) is 9. The fourth-order valence-corrected chi connectivity index (χ4v) is 5.44. The standard InChI is InChI=1S/C27H24O19/c28-5-12-20-19(36)22(27(42-12)46-24(39)6-1-9(29)16(33)10(30)2-6)45-26(41)8-4-13(32)43-21(23(37)38)15(8)14-7(25(40)44-20)3-11(31)17(34)18(14)35/h1-3,8,12,15,19-22,27-31,33-36H,4-5H2,(H,37,38). The summed E-state index contributed by atoms with van der Waals surface area (Å²) in [5.41, 5.74) is -2.25. The molecule has 2 fully saturated rings. The number of aromatic hydroxyl groups is 6. The summed E-state index contributed by atoms with van der Waals surface area (Å²) in [6, 6.07) is 1.90. The van der Waals surface area contributed by atoms with Gasteiger partial charge in [0.05, 0.1) is 36.0 Å². The quantitative estimate of drug-likeness (QED) is 0.102. The highest BCUT2D eigenvalue weighted by molar-refractivity contribution is 5.96. The molecule has 19 nitrogen and oxygen atoms in total. The van der Waals surface area contributed by atoms with Gasteiger partial charge in [0.1, 0.15) is 12.2 Å². The number of ether oxygens (including phenoxy) is 5. The summed E-state index contributed by atoms with van der Waals surface area (Å²) < 4.78 is 26.2. The molecule has 0 aliphatic carbocycles. The monoisotopic (exact) mass is 652 g/mol. The molecule has 46 heavy (non-hydrogen) atoms. The van der Waals surface area contributed by atoms with Crippen molar-refractivity contribution in [1.82, 2.24) is 0 Å². The minimum Gasteiger partial charge on any atom is -0.504 e. The van der Waals surface area contributed by atoms with Crippen molar-refractivity contribution >= 4 is 29.8 Å². The van der Waals surface area contributed by atoms with Crippen molar-refractivity contribution < 1.29 is 93.6 Å². The number of carboxylic acid groups (broad SMARTS) is 1. The minimum atomic E-state index is -2.30. The molecule has 3 heterocycles. The summed E-state index contributed by atoms with van der Waals surface area (Å²) >= 11 is 0. The lowest BCUT2D eigenvalue weighted by Gasteiger charge is -2.42. The normalized spacial score (nSPS) is 29.1. The predicted molar refractivity (Wildman–Crippen MR) is 137 cm³/mol. The molecule has 0 radical (unpaired) electrons. The number of hydrogen-bond acceptors (Lipinski definition) is 18. The van der Waals surface area contributed by atoms with Crippen LogP contribution in [0.4, 0.5) is 0 Å². The first-order chi connectivity index (χ1) is 21.6. The average molecular weight is 652 g/mol. The van der Waals surface area contributed by atoms with Crippen LogP contribution >= 0.6 is 0 Å². The van der Waals surface area contributed by atoms with Crippen LogP contribution in [-0.2, 0) is 38.1 Å². The predicted octanol–water partition coefficient (Wildman–Crippen LogP) is -1.59. The first-order valence-electron chi connectivity index (χ1n) is 13.2. The number of carbonyl (C=O) groups is 5. The van der Waals surface area contributed by atoms with Crippen molar-refractivity contribution in [3.63, 3.8) is 0 Å². The van der Waals surface area contributed by atoms with Gasteiger partial charge < -0.3 is 69.6 Å². The number of carboxylic acids is 1. The Kier molecular flexibility index (Phi) is 8.15. The van der Waals surface area contributed by atoms with E-state index in [0.717, 1.165) is 0 Å². The van der Waals surface area contributed by atoms with Crippen molar-refractivity contribution in [2.45, 2.75) is 49.1 Å². The van der Waals surface area contributed by atoms with Gasteiger partial charge in [0.2, 0.25) is 18.1 Å². The van der Waals surface area contributed by atoms with Crippen LogP contribution in [-0.4, -0.2) is 119 Å². The third-order valence-corrected chi connectivity index (χ3v) is 7.62. The second-order valence-electron chi connectivity index (χ2n) is 10.4. The van der Waals surface area contributed by atoms with Crippen LogP contribution in [0.25, 0.3) is 0 Å². The van der Waals surface area contributed by atoms with Crippen LogP contribution in [0.1, 0.15) is 38.6 Å². The molecule has 9 N–H and O–H groups in total. The van der Waals surface area contributed by atoms with Crippen LogP contribution in [0.2, 0.25) is 0 Å². The van der Waals surface area contributed by atoms with E-state index in [-0.39, 0.29) is 0 Å². The number of aliphatic hydroxyl groups excluding tert-OH is 2. The molecule has 2 aromatic carbocycles. The molecule has 0 aromatic heterocycles. The number of fused-ring (bicyclic) bond motifs is 5. The van der Waals surface area contributed by atoms with E-state index in [0.29, 0.717) is 18.2 Å². The molecule has 0 spiro atoms. The first kappa shape index (κ1) is 31.9. The Hall–Kier alpha value is -5.53. The van der Waals surface area contributed by atoms with Gasteiger partial charge in [0.15, 0.2) is 41.0 Å². The Labute approximate surface area is 254 Å². The van der Waals surface area contributed by atoms with Crippen LogP contribution in [0.3, 0.4) is 0 Å². The Morgan fingerprint density at radius 3 is 2.09 bits per heavy atom. The lowest BCUT2D eigenvalue weighted by atomic mass is 9.75. The number of phenolic OH excluding ortho intramolecular Hbond substituents is 6. The topological polar surface area (TPSA) is 314 Å². The molecular formula is C27H24O19. The van der Waals surface area contributed by atoms with Crippen molar-refractivity contribution in [3.8, 4) is 34.5 Å². The molecule has 0 saturated carbocycles. The van der Waals surface area contributed by atoms with Gasteiger partial charge in [0, 0.05) is 5.56 Å². The molecule has 0 amide bonds. The fraction of sp³-hybridized carbons (Fsp3) is 0.370. The molecule has 8 unspecified atom stereocenters. The molecule has 246 valence electrons. The molecular weight excluding hydrogens is 628 g/mol. The van der Waals surface area contributed by atoms with Crippen LogP contribution in [0.5, 0.6) is 34.5 Å². The maximum Gasteiger partial charge on any atom is 0.345 e. The molecule has 2 bridgehead atoms. The molecule has 2 aromatic rings. The Morgan fingerprint density at radius 1 is 0.848 bits per heavy atom. The smallest absolute Gasteiger partial charge is 0.345 e. The van der Waals surface area contributed by atoms with Gasteiger partial charge in [-0.1, -0.05) is 0 Å². The zero-order chi connectivity index (χ0) is 33.8. The molecule has 5 rings (SSSR count). The SMILES string of the molecule is O=C1CC2C(=O)OC3C(OC(=O)c4cc(O)c(O)c(O)c4)OC(CO)C(OC(=O)c4cc(O)c(O)c(O)c4C2C(C(=O)O)O1)C3O. The third-order valence-electron chi connectivity index (χ3n) is 7.62. The molecule has 2 saturated heterocycles. The van der Waals surface area contributed by atoms with E-state index in [1.54, 1.807) is 0 Å². The van der Waals surface area contributed by atoms with Crippen molar-refractivity contribution in [2.24, 2.45) is 5.92 Å². The number of esters is 4. The summed E-state index contributed by atoms with van der Waals surface area (Å²) in [7, 11) is 0. The summed E-state index contributed by atoms with van der Waals surface area (Å²) in [4.78, 5) is 64.7. The summed E-state index contributed by atoms with van der Waals surface area (Å²) in [5, 5.41) is 91.4. The van der Waals surface area contributed by atoms with E-state index in [2.05, 4.69) is 0 Å². The second-order valence-corrected chi connectivity index (χ2v) is 10.4. The van der Waals surface area contributed by atoms with Gasteiger partial charge in [-0.2, -0.15) is 0 Å². The van der Waals surface area contributed by atoms with Crippen molar-refractivity contribution in [3.05, 3.63) is 34.9 Å². The maximum atomic E-state index is 13.7. The number of aliphatic carboxylic acids is 1. The zero-order valence-corrected chi connectivity index (χ0v) is 22.9. The van der Waals surface area contributed by atoms with Crippen molar-refractivity contribution in [2.75, 3.05) is 6.61 Å². The van der Waals surface area contributed by atoms with Gasteiger partial charge in [0.25, 0.3) is 0 Å². The summed E-state index contributed by atoms with van der Waals surface area (Å²) in [6.45, 7) is -1.04. The Morgan fingerprint density at radius 2 is 1.48 bits per heavy atom. The third kappa shape index (κ3) is 5.35. The van der Waals surface area contributed by atoms with Gasteiger partial charge in [-0.05, 0) is 18.2 Å². The molecule has 19 heteroatoms. The zero-order valence-electron chi connectivity index (χ0n) is 22.9. The van der Waals surface area contributed by atoms with E-state index in [1.165, 1.54) is 0 Å². The number of aliphatic hydroxyl groups is 2. The van der Waals surface area contributed by atoms with Crippen LogP contribution < -0.4 is 0 Å². The summed E-state index contributed by atoms with van der Waals surface area (Å²) in [6.07, 6.45) is -13.4. The largest absolute Gasteiger partial charge is 0.504 e. The highest BCUT2D eigenvalue weighted by Crippen LogP contribution is 2.50. The van der Waals surface area contributed by atoms with E-state index in [4.69, 9.17) is 23.7 Å². The van der Waals surface area contributed by atoms with Crippen molar-refractivity contribution in [1.29, 1.82) is 0 Å². The van der Waals surface area contributed by atoms with E-state index in [9.17, 15) is 69.9 Å². The molecule has 3 aliphatic rings. The van der Waals surface area contributed by atoms with Gasteiger partial charge in [-0.3, -0.25) is 9.59 Å². The highest BCUT2D eigenvalue weighted by atomic mass is 16.7. The number of benzene rings is 2. The van der Waals surface area contributed by atoms with Crippen LogP contribution in [0, 0.1) is 5.92 Å². The van der Waals surface area contributed by atoms with Gasteiger partial charge in [-0.25, -0.2) is 14.4 Å².